The Morgan fingerprint density at radius 2 is 1.76 bits per heavy atom. The van der Waals surface area contributed by atoms with Gasteiger partial charge in [0.1, 0.15) is 16.5 Å². The zero-order chi connectivity index (χ0) is 26.4. The first-order chi connectivity index (χ1) is 17.8. The molecule has 188 valence electrons. The Bertz CT molecular complexity index is 1440. The van der Waals surface area contributed by atoms with Crippen molar-refractivity contribution in [1.82, 2.24) is 0 Å². The summed E-state index contributed by atoms with van der Waals surface area (Å²) in [5.74, 6) is 0.192. The Hall–Kier alpha value is -3.99. The molecule has 1 aromatic heterocycles. The van der Waals surface area contributed by atoms with E-state index in [0.29, 0.717) is 33.4 Å². The number of non-ortho nitro benzene ring substituents is 1. The minimum absolute atomic E-state index is 0.135. The number of nitrogens with zero attached hydrogens (tertiary/aromatic N) is 1. The van der Waals surface area contributed by atoms with E-state index in [9.17, 15) is 14.9 Å². The average Bonchev–Trinajstić information content (AvgIpc) is 3.27. The summed E-state index contributed by atoms with van der Waals surface area (Å²) < 4.78 is 10.7. The van der Waals surface area contributed by atoms with Gasteiger partial charge in [0.05, 0.1) is 29.4 Å². The third-order valence-corrected chi connectivity index (χ3v) is 6.55. The molecule has 0 saturated carbocycles. The second-order valence-electron chi connectivity index (χ2n) is 7.72. The van der Waals surface area contributed by atoms with E-state index >= 15 is 0 Å². The number of hydrogen-bond acceptors (Lipinski definition) is 7. The van der Waals surface area contributed by atoms with Gasteiger partial charge in [-0.05, 0) is 48.1 Å². The molecular formula is C26H20ClN3O5S2. The van der Waals surface area contributed by atoms with E-state index < -0.39 is 10.9 Å². The van der Waals surface area contributed by atoms with Crippen LogP contribution in [0.3, 0.4) is 0 Å². The molecule has 0 atom stereocenters. The first-order valence-electron chi connectivity index (χ1n) is 10.9. The van der Waals surface area contributed by atoms with Gasteiger partial charge in [0.15, 0.2) is 5.11 Å². The Morgan fingerprint density at radius 1 is 1.03 bits per heavy atom. The second kappa shape index (κ2) is 11.8. The second-order valence-corrected chi connectivity index (χ2v) is 9.70. The van der Waals surface area contributed by atoms with Crippen molar-refractivity contribution < 1.29 is 19.2 Å². The van der Waals surface area contributed by atoms with Gasteiger partial charge >= 0.3 is 5.97 Å². The lowest BCUT2D eigenvalue weighted by Crippen LogP contribution is -2.20. The maximum Gasteiger partial charge on any atom is 0.340 e. The summed E-state index contributed by atoms with van der Waals surface area (Å²) in [5.41, 5.74) is 1.58. The number of ether oxygens (including phenoxy) is 2. The monoisotopic (exact) mass is 553 g/mol. The first kappa shape index (κ1) is 26.1. The molecular weight excluding hydrogens is 534 g/mol. The predicted octanol–water partition coefficient (Wildman–Crippen LogP) is 7.29. The van der Waals surface area contributed by atoms with Crippen LogP contribution in [-0.2, 0) is 11.2 Å². The van der Waals surface area contributed by atoms with Crippen molar-refractivity contribution in [2.45, 2.75) is 6.42 Å². The van der Waals surface area contributed by atoms with Crippen molar-refractivity contribution in [3.8, 4) is 11.5 Å². The molecule has 0 saturated heterocycles. The Morgan fingerprint density at radius 3 is 2.43 bits per heavy atom. The minimum Gasteiger partial charge on any atom is -0.465 e. The molecule has 0 aliphatic carbocycles. The molecule has 3 aromatic carbocycles. The number of carbonyl (C=O) groups excluding carboxylic acids is 1. The van der Waals surface area contributed by atoms with Gasteiger partial charge < -0.3 is 20.1 Å². The van der Waals surface area contributed by atoms with E-state index in [2.05, 4.69) is 10.6 Å². The number of hydrogen-bond donors (Lipinski definition) is 2. The molecule has 0 amide bonds. The van der Waals surface area contributed by atoms with Crippen molar-refractivity contribution in [3.05, 3.63) is 110 Å². The van der Waals surface area contributed by atoms with Gasteiger partial charge in [0, 0.05) is 28.5 Å². The van der Waals surface area contributed by atoms with Crippen LogP contribution in [0.25, 0.3) is 0 Å². The molecule has 11 heteroatoms. The summed E-state index contributed by atoms with van der Waals surface area (Å²) in [5, 5.41) is 18.6. The van der Waals surface area contributed by atoms with Crippen LogP contribution in [0.1, 0.15) is 20.8 Å². The largest absolute Gasteiger partial charge is 0.465 e. The minimum atomic E-state index is -0.527. The molecule has 0 fully saturated rings. The van der Waals surface area contributed by atoms with Crippen LogP contribution in [0.2, 0.25) is 5.02 Å². The number of esters is 1. The molecule has 8 nitrogen and oxygen atoms in total. The van der Waals surface area contributed by atoms with Crippen LogP contribution in [0.5, 0.6) is 11.5 Å². The predicted molar refractivity (Wildman–Crippen MR) is 149 cm³/mol. The maximum atomic E-state index is 12.4. The molecule has 2 N–H and O–H groups in total. The van der Waals surface area contributed by atoms with E-state index in [4.69, 9.17) is 33.3 Å². The number of nitro groups is 1. The Balaban J connectivity index is 1.54. The number of rotatable bonds is 8. The fourth-order valence-electron chi connectivity index (χ4n) is 3.40. The number of methoxy groups -OCH3 is 1. The fraction of sp³-hybridized carbons (Fsp3) is 0.0769. The van der Waals surface area contributed by atoms with Crippen molar-refractivity contribution >= 4 is 62.6 Å². The summed E-state index contributed by atoms with van der Waals surface area (Å²) in [7, 11) is 1.31. The number of nitro benzene ring substituents is 1. The molecule has 0 radical (unpaired) electrons. The number of halogens is 1. The number of carbonyl (C=O) groups is 1. The van der Waals surface area contributed by atoms with Gasteiger partial charge in [0.25, 0.3) is 5.69 Å². The fourth-order valence-corrected chi connectivity index (χ4v) is 4.90. The molecule has 1 heterocycles. The standard InChI is InChI=1S/C26H20ClN3O5S2/c1-34-25(31)23-15-22(11-16-5-3-2-4-6-16)37-24(23)29-26(36)28-18-12-19(30(32)33)14-21(13-18)35-20-9-7-17(27)8-10-20/h2-10,12-15H,11H2,1H3,(H2,28,29,36). The highest BCUT2D eigenvalue weighted by atomic mass is 35.5. The third kappa shape index (κ3) is 7.04. The molecule has 4 aromatic rings. The molecule has 0 aliphatic rings. The van der Waals surface area contributed by atoms with Crippen LogP contribution >= 0.6 is 35.2 Å². The van der Waals surface area contributed by atoms with Gasteiger partial charge in [-0.2, -0.15) is 0 Å². The Kier molecular flexibility index (Phi) is 8.34. The van der Waals surface area contributed by atoms with E-state index in [1.807, 2.05) is 30.3 Å². The highest BCUT2D eigenvalue weighted by molar-refractivity contribution is 7.80. The van der Waals surface area contributed by atoms with E-state index in [0.717, 1.165) is 10.4 Å². The van der Waals surface area contributed by atoms with Crippen LogP contribution < -0.4 is 15.4 Å². The number of benzene rings is 3. The average molecular weight is 554 g/mol. The molecule has 0 aliphatic heterocycles. The zero-order valence-corrected chi connectivity index (χ0v) is 21.8. The quantitative estimate of drug-likeness (QED) is 0.101. The molecule has 4 rings (SSSR count). The zero-order valence-electron chi connectivity index (χ0n) is 19.4. The van der Waals surface area contributed by atoms with Gasteiger partial charge in [-0.15, -0.1) is 11.3 Å². The van der Waals surface area contributed by atoms with Crippen LogP contribution in [0.15, 0.2) is 78.9 Å². The highest BCUT2D eigenvalue weighted by Crippen LogP contribution is 2.32. The number of thiophene rings is 1. The first-order valence-corrected chi connectivity index (χ1v) is 12.5. The van der Waals surface area contributed by atoms with Crippen LogP contribution in [0, 0.1) is 10.1 Å². The SMILES string of the molecule is COC(=O)c1cc(Cc2ccccc2)sc1NC(=S)Nc1cc(Oc2ccc(Cl)cc2)cc([N+](=O)[O-])c1. The van der Waals surface area contributed by atoms with Gasteiger partial charge in [-0.3, -0.25) is 10.1 Å². The third-order valence-electron chi connectivity index (χ3n) is 5.05. The van der Waals surface area contributed by atoms with Gasteiger partial charge in [-0.25, -0.2) is 4.79 Å². The van der Waals surface area contributed by atoms with E-state index in [-0.39, 0.29) is 16.5 Å². The number of nitrogens with one attached hydrogen (secondary N) is 2. The van der Waals surface area contributed by atoms with Crippen molar-refractivity contribution in [1.29, 1.82) is 0 Å². The molecule has 0 unspecified atom stereocenters. The van der Waals surface area contributed by atoms with Crippen molar-refractivity contribution in [2.75, 3.05) is 17.7 Å². The van der Waals surface area contributed by atoms with Gasteiger partial charge in [0.2, 0.25) is 0 Å². The molecule has 37 heavy (non-hydrogen) atoms. The van der Waals surface area contributed by atoms with Crippen molar-refractivity contribution in [3.63, 3.8) is 0 Å². The van der Waals surface area contributed by atoms with E-state index in [1.165, 1.54) is 30.6 Å². The topological polar surface area (TPSA) is 103 Å². The summed E-state index contributed by atoms with van der Waals surface area (Å²) in [6, 6.07) is 22.4. The number of thiocarbonyl (C=S) groups is 1. The normalized spacial score (nSPS) is 10.4. The van der Waals surface area contributed by atoms with Crippen molar-refractivity contribution in [2.24, 2.45) is 0 Å². The Labute approximate surface area is 227 Å². The highest BCUT2D eigenvalue weighted by Gasteiger charge is 2.19. The molecule has 0 spiro atoms. The van der Waals surface area contributed by atoms with E-state index in [1.54, 1.807) is 36.4 Å². The summed E-state index contributed by atoms with van der Waals surface area (Å²) in [6.45, 7) is 0. The lowest BCUT2D eigenvalue weighted by molar-refractivity contribution is -0.384. The molecule has 0 bridgehead atoms. The number of anilines is 2. The van der Waals surface area contributed by atoms with Crippen LogP contribution in [-0.4, -0.2) is 23.1 Å². The lowest BCUT2D eigenvalue weighted by atomic mass is 10.1. The smallest absolute Gasteiger partial charge is 0.340 e. The van der Waals surface area contributed by atoms with Crippen LogP contribution in [0.4, 0.5) is 16.4 Å². The lowest BCUT2D eigenvalue weighted by Gasteiger charge is -2.12. The summed E-state index contributed by atoms with van der Waals surface area (Å²) in [6.07, 6.45) is 0.633. The van der Waals surface area contributed by atoms with Gasteiger partial charge in [-0.1, -0.05) is 41.9 Å². The summed E-state index contributed by atoms with van der Waals surface area (Å²) >= 11 is 12.7. The maximum absolute atomic E-state index is 12.4. The summed E-state index contributed by atoms with van der Waals surface area (Å²) in [4.78, 5) is 24.3.